The van der Waals surface area contributed by atoms with Crippen molar-refractivity contribution in [2.75, 3.05) is 7.11 Å². The Morgan fingerprint density at radius 2 is 1.78 bits per heavy atom. The molecule has 0 bridgehead atoms. The van der Waals surface area contributed by atoms with Crippen LogP contribution in [0.3, 0.4) is 0 Å². The van der Waals surface area contributed by atoms with Gasteiger partial charge in [-0.05, 0) is 43.4 Å². The summed E-state index contributed by atoms with van der Waals surface area (Å²) in [6.45, 7) is 9.24. The number of ether oxygens (including phenoxy) is 1. The lowest BCUT2D eigenvalue weighted by Crippen LogP contribution is -2.57. The normalized spacial score (nSPS) is 25.7. The van der Waals surface area contributed by atoms with E-state index in [2.05, 4.69) is 33.1 Å². The quantitative estimate of drug-likeness (QED) is 0.566. The second-order valence-corrected chi connectivity index (χ2v) is 6.90. The van der Waals surface area contributed by atoms with E-state index in [1.165, 1.54) is 19.3 Å². The summed E-state index contributed by atoms with van der Waals surface area (Å²) < 4.78 is 5.93. The summed E-state index contributed by atoms with van der Waals surface area (Å²) in [6, 6.07) is 0.272. The van der Waals surface area contributed by atoms with Crippen molar-refractivity contribution in [2.45, 2.75) is 77.9 Å². The summed E-state index contributed by atoms with van der Waals surface area (Å²) in [4.78, 5) is 0. The highest BCUT2D eigenvalue weighted by atomic mass is 16.5. The first-order chi connectivity index (χ1) is 8.39. The highest BCUT2D eigenvalue weighted by Crippen LogP contribution is 2.44. The van der Waals surface area contributed by atoms with E-state index in [4.69, 9.17) is 10.6 Å². The molecule has 1 rings (SSSR count). The highest BCUT2D eigenvalue weighted by Gasteiger charge is 2.44. The molecule has 1 saturated carbocycles. The first kappa shape index (κ1) is 15.9. The van der Waals surface area contributed by atoms with E-state index >= 15 is 0 Å². The Hall–Kier alpha value is -0.120. The molecule has 0 radical (unpaired) electrons. The fraction of sp³-hybridized carbons (Fsp3) is 1.00. The molecule has 1 aliphatic carbocycles. The Kier molecular flexibility index (Phi) is 5.63. The van der Waals surface area contributed by atoms with Gasteiger partial charge in [-0.15, -0.1) is 0 Å². The fourth-order valence-electron chi connectivity index (χ4n) is 3.05. The third-order valence-electron chi connectivity index (χ3n) is 5.03. The molecule has 0 aromatic carbocycles. The Bertz CT molecular complexity index is 243. The van der Waals surface area contributed by atoms with Crippen LogP contribution in [-0.4, -0.2) is 18.8 Å². The van der Waals surface area contributed by atoms with Gasteiger partial charge < -0.3 is 4.74 Å². The van der Waals surface area contributed by atoms with E-state index in [-0.39, 0.29) is 11.6 Å². The smallest absolute Gasteiger partial charge is 0.0844 e. The fourth-order valence-corrected chi connectivity index (χ4v) is 3.05. The van der Waals surface area contributed by atoms with Crippen LogP contribution >= 0.6 is 0 Å². The van der Waals surface area contributed by atoms with Crippen LogP contribution in [0.1, 0.15) is 66.2 Å². The Labute approximate surface area is 113 Å². The van der Waals surface area contributed by atoms with Gasteiger partial charge in [-0.2, -0.15) is 0 Å². The first-order valence-electron chi connectivity index (χ1n) is 7.40. The van der Waals surface area contributed by atoms with Crippen LogP contribution in [0.25, 0.3) is 0 Å². The average Bonchev–Trinajstić information content (AvgIpc) is 2.36. The molecular weight excluding hydrogens is 224 g/mol. The van der Waals surface area contributed by atoms with Crippen LogP contribution < -0.4 is 11.3 Å². The molecule has 0 aromatic rings. The Morgan fingerprint density at radius 3 is 2.17 bits per heavy atom. The summed E-state index contributed by atoms with van der Waals surface area (Å²) in [5.74, 6) is 6.49. The van der Waals surface area contributed by atoms with E-state index in [1.807, 2.05) is 7.11 Å². The zero-order valence-electron chi connectivity index (χ0n) is 12.9. The molecule has 0 aromatic heterocycles. The van der Waals surface area contributed by atoms with Crippen LogP contribution in [0.4, 0.5) is 0 Å². The van der Waals surface area contributed by atoms with Crippen molar-refractivity contribution >= 4 is 0 Å². The van der Waals surface area contributed by atoms with Gasteiger partial charge in [0.1, 0.15) is 0 Å². The highest BCUT2D eigenvalue weighted by molar-refractivity contribution is 4.98. The van der Waals surface area contributed by atoms with Crippen molar-refractivity contribution in [3.05, 3.63) is 0 Å². The SMILES string of the molecule is CCC(C)CC(NN)C1(OC)CCC(C)(C)CC1. The Morgan fingerprint density at radius 1 is 1.22 bits per heavy atom. The van der Waals surface area contributed by atoms with Crippen molar-refractivity contribution in [1.29, 1.82) is 0 Å². The maximum Gasteiger partial charge on any atom is 0.0844 e. The molecule has 108 valence electrons. The number of hydrogen-bond donors (Lipinski definition) is 2. The summed E-state index contributed by atoms with van der Waals surface area (Å²) in [5, 5.41) is 0. The van der Waals surface area contributed by atoms with Gasteiger partial charge in [-0.3, -0.25) is 11.3 Å². The van der Waals surface area contributed by atoms with Crippen LogP contribution in [0, 0.1) is 11.3 Å². The summed E-state index contributed by atoms with van der Waals surface area (Å²) in [5.41, 5.74) is 3.43. The minimum Gasteiger partial charge on any atom is -0.377 e. The van der Waals surface area contributed by atoms with Crippen LogP contribution in [0.15, 0.2) is 0 Å². The third kappa shape index (κ3) is 3.69. The average molecular weight is 256 g/mol. The van der Waals surface area contributed by atoms with Gasteiger partial charge in [0, 0.05) is 7.11 Å². The van der Waals surface area contributed by atoms with Crippen LogP contribution in [0.2, 0.25) is 0 Å². The minimum absolute atomic E-state index is 0.0618. The monoisotopic (exact) mass is 256 g/mol. The van der Waals surface area contributed by atoms with Gasteiger partial charge in [0.05, 0.1) is 11.6 Å². The molecule has 3 nitrogen and oxygen atoms in total. The summed E-state index contributed by atoms with van der Waals surface area (Å²) in [7, 11) is 1.85. The lowest BCUT2D eigenvalue weighted by Gasteiger charge is -2.47. The maximum atomic E-state index is 5.93. The molecular formula is C15H32N2O. The standard InChI is InChI=1S/C15H32N2O/c1-6-12(2)11-13(17-16)15(18-5)9-7-14(3,4)8-10-15/h12-13,17H,6-11,16H2,1-5H3. The molecule has 0 saturated heterocycles. The van der Waals surface area contributed by atoms with Gasteiger partial charge >= 0.3 is 0 Å². The molecule has 0 spiro atoms. The molecule has 0 heterocycles. The number of methoxy groups -OCH3 is 1. The predicted octanol–water partition coefficient (Wildman–Crippen LogP) is 3.24. The van der Waals surface area contributed by atoms with Crippen LogP contribution in [-0.2, 0) is 4.74 Å². The zero-order valence-corrected chi connectivity index (χ0v) is 12.9. The number of nitrogens with one attached hydrogen (secondary N) is 1. The maximum absolute atomic E-state index is 5.93. The van der Waals surface area contributed by atoms with Crippen molar-refractivity contribution in [2.24, 2.45) is 17.2 Å². The summed E-state index contributed by atoms with van der Waals surface area (Å²) >= 11 is 0. The lowest BCUT2D eigenvalue weighted by atomic mass is 9.67. The topological polar surface area (TPSA) is 47.3 Å². The van der Waals surface area contributed by atoms with Gasteiger partial charge in [0.25, 0.3) is 0 Å². The molecule has 3 N–H and O–H groups in total. The second kappa shape index (κ2) is 6.36. The molecule has 3 heteroatoms. The Balaban J connectivity index is 2.73. The van der Waals surface area contributed by atoms with Crippen molar-refractivity contribution < 1.29 is 4.74 Å². The number of nitrogens with two attached hydrogens (primary N) is 1. The van der Waals surface area contributed by atoms with Crippen molar-refractivity contribution in [3.63, 3.8) is 0 Å². The molecule has 18 heavy (non-hydrogen) atoms. The number of rotatable bonds is 6. The summed E-state index contributed by atoms with van der Waals surface area (Å²) in [6.07, 6.45) is 6.97. The molecule has 1 fully saturated rings. The first-order valence-corrected chi connectivity index (χ1v) is 7.40. The molecule has 2 unspecified atom stereocenters. The lowest BCUT2D eigenvalue weighted by molar-refractivity contribution is -0.0904. The predicted molar refractivity (Wildman–Crippen MR) is 77.2 cm³/mol. The van der Waals surface area contributed by atoms with Gasteiger partial charge in [-0.1, -0.05) is 34.1 Å². The van der Waals surface area contributed by atoms with E-state index in [0.717, 1.165) is 19.3 Å². The van der Waals surface area contributed by atoms with Crippen molar-refractivity contribution in [3.8, 4) is 0 Å². The van der Waals surface area contributed by atoms with Gasteiger partial charge in [0.15, 0.2) is 0 Å². The molecule has 2 atom stereocenters. The second-order valence-electron chi connectivity index (χ2n) is 6.90. The molecule has 0 aliphatic heterocycles. The van der Waals surface area contributed by atoms with Gasteiger partial charge in [-0.25, -0.2) is 0 Å². The largest absolute Gasteiger partial charge is 0.377 e. The van der Waals surface area contributed by atoms with E-state index in [1.54, 1.807) is 0 Å². The third-order valence-corrected chi connectivity index (χ3v) is 5.03. The molecule has 0 amide bonds. The number of hydrogen-bond acceptors (Lipinski definition) is 3. The number of hydrazine groups is 1. The van der Waals surface area contributed by atoms with Crippen molar-refractivity contribution in [1.82, 2.24) is 5.43 Å². The zero-order chi connectivity index (χ0) is 13.8. The van der Waals surface area contributed by atoms with E-state index in [9.17, 15) is 0 Å². The van der Waals surface area contributed by atoms with E-state index < -0.39 is 0 Å². The van der Waals surface area contributed by atoms with Gasteiger partial charge in [0.2, 0.25) is 0 Å². The van der Waals surface area contributed by atoms with Crippen LogP contribution in [0.5, 0.6) is 0 Å². The minimum atomic E-state index is -0.0618. The molecule has 1 aliphatic rings. The van der Waals surface area contributed by atoms with E-state index in [0.29, 0.717) is 11.3 Å².